The van der Waals surface area contributed by atoms with E-state index in [0.717, 1.165) is 31.5 Å². The Morgan fingerprint density at radius 1 is 0.938 bits per heavy atom. The molecule has 0 radical (unpaired) electrons. The molecule has 6 rings (SSSR count). The van der Waals surface area contributed by atoms with Crippen molar-refractivity contribution in [1.29, 1.82) is 5.26 Å². The van der Waals surface area contributed by atoms with Gasteiger partial charge in [-0.05, 0) is 74.8 Å². The highest BCUT2D eigenvalue weighted by molar-refractivity contribution is 7.93. The second-order valence-electron chi connectivity index (χ2n) is 12.9. The van der Waals surface area contributed by atoms with Gasteiger partial charge >= 0.3 is 6.09 Å². The third kappa shape index (κ3) is 5.70. The third-order valence-electron chi connectivity index (χ3n) is 9.79. The maximum atomic E-state index is 15.1. The molecule has 3 aliphatic heterocycles. The summed E-state index contributed by atoms with van der Waals surface area (Å²) in [6.07, 6.45) is 1.43. The fourth-order valence-corrected chi connectivity index (χ4v) is 8.75. The van der Waals surface area contributed by atoms with Crippen LogP contribution >= 0.6 is 0 Å². The first-order valence-electron chi connectivity index (χ1n) is 16.3. The molecule has 2 saturated heterocycles. The number of methoxy groups -OCH3 is 1. The quantitative estimate of drug-likeness (QED) is 0.357. The number of amides is 2. The maximum absolute atomic E-state index is 15.1. The molecule has 0 bridgehead atoms. The molecule has 3 aromatic rings. The molecule has 3 aliphatic rings. The number of fused-ring (bicyclic) bond motifs is 1. The Morgan fingerprint density at radius 3 is 2.27 bits per heavy atom. The summed E-state index contributed by atoms with van der Waals surface area (Å²) in [5.74, 6) is -0.723. The van der Waals surface area contributed by atoms with Crippen LogP contribution in [-0.4, -0.2) is 94.6 Å². The Morgan fingerprint density at radius 2 is 1.60 bits per heavy atom. The van der Waals surface area contributed by atoms with Gasteiger partial charge in [0, 0.05) is 43.3 Å². The maximum Gasteiger partial charge on any atom is 0.411 e. The van der Waals surface area contributed by atoms with Crippen LogP contribution in [0.4, 0.5) is 10.5 Å². The first kappa shape index (κ1) is 33.5. The SMILES string of the molecule is COc1ccc2c(c1)C(OC(=O)N1CCN(C3CCN(C)CC3)CC1)(c1ccccc1C(C)C)C(=O)N2S(=O)(=O)c1ccccc1C#N. The van der Waals surface area contributed by atoms with E-state index in [-0.39, 0.29) is 27.6 Å². The van der Waals surface area contributed by atoms with Crippen molar-refractivity contribution in [2.75, 3.05) is 57.7 Å². The Kier molecular flexibility index (Phi) is 9.22. The minimum atomic E-state index is -4.65. The van der Waals surface area contributed by atoms with Gasteiger partial charge in [-0.3, -0.25) is 9.69 Å². The molecule has 0 N–H and O–H groups in total. The molecule has 48 heavy (non-hydrogen) atoms. The highest BCUT2D eigenvalue weighted by Gasteiger charge is 2.60. The number of anilines is 1. The third-order valence-corrected chi connectivity index (χ3v) is 11.5. The lowest BCUT2D eigenvalue weighted by Gasteiger charge is -2.42. The molecular formula is C36H41N5O6S. The Bertz CT molecular complexity index is 1860. The highest BCUT2D eigenvalue weighted by Crippen LogP contribution is 2.52. The van der Waals surface area contributed by atoms with Gasteiger partial charge < -0.3 is 19.3 Å². The zero-order valence-corrected chi connectivity index (χ0v) is 28.6. The zero-order valence-electron chi connectivity index (χ0n) is 27.8. The van der Waals surface area contributed by atoms with Crippen molar-refractivity contribution in [3.63, 3.8) is 0 Å². The number of nitrogens with zero attached hydrogens (tertiary/aromatic N) is 5. The number of piperidine rings is 1. The van der Waals surface area contributed by atoms with Gasteiger partial charge in [-0.2, -0.15) is 9.57 Å². The molecular weight excluding hydrogens is 630 g/mol. The number of carbonyl (C=O) groups is 2. The average molecular weight is 672 g/mol. The molecule has 11 nitrogen and oxygen atoms in total. The lowest BCUT2D eigenvalue weighted by Crippen LogP contribution is -2.55. The monoisotopic (exact) mass is 671 g/mol. The van der Waals surface area contributed by atoms with Gasteiger partial charge in [0.2, 0.25) is 5.60 Å². The van der Waals surface area contributed by atoms with Crippen LogP contribution in [0.15, 0.2) is 71.6 Å². The largest absolute Gasteiger partial charge is 0.497 e. The summed E-state index contributed by atoms with van der Waals surface area (Å²) in [7, 11) is -1.06. The molecule has 0 aliphatic carbocycles. The first-order valence-corrected chi connectivity index (χ1v) is 17.7. The average Bonchev–Trinajstić information content (AvgIpc) is 3.35. The Balaban J connectivity index is 1.45. The molecule has 2 fully saturated rings. The van der Waals surface area contributed by atoms with Gasteiger partial charge in [-0.15, -0.1) is 0 Å². The lowest BCUT2D eigenvalue weighted by atomic mass is 9.81. The van der Waals surface area contributed by atoms with Gasteiger partial charge in [0.15, 0.2) is 0 Å². The topological polar surface area (TPSA) is 123 Å². The summed E-state index contributed by atoms with van der Waals surface area (Å²) >= 11 is 0. The number of benzene rings is 3. The summed E-state index contributed by atoms with van der Waals surface area (Å²) in [5, 5.41) is 9.79. The zero-order chi connectivity index (χ0) is 34.2. The van der Waals surface area contributed by atoms with Crippen molar-refractivity contribution in [1.82, 2.24) is 14.7 Å². The van der Waals surface area contributed by atoms with Crippen LogP contribution in [0.3, 0.4) is 0 Å². The van der Waals surface area contributed by atoms with Crippen molar-refractivity contribution in [2.45, 2.75) is 49.1 Å². The highest BCUT2D eigenvalue weighted by atomic mass is 32.2. The number of hydrogen-bond acceptors (Lipinski definition) is 9. The van der Waals surface area contributed by atoms with E-state index < -0.39 is 27.6 Å². The number of likely N-dealkylation sites (tertiary alicyclic amines) is 1. The standard InChI is InChI=1S/C36H41N5O6S/c1-25(2)29-10-6-7-11-30(29)36(47-35(43)40-21-19-39(20-22-40)27-15-17-38(3)18-16-27)31-23-28(46-4)13-14-32(31)41(34(36)42)48(44,45)33-12-8-5-9-26(33)24-37/h5-14,23,25,27H,15-22H2,1-4H3. The van der Waals surface area contributed by atoms with Crippen LogP contribution in [0.2, 0.25) is 0 Å². The summed E-state index contributed by atoms with van der Waals surface area (Å²) in [6, 6.07) is 19.8. The van der Waals surface area contributed by atoms with E-state index in [1.54, 1.807) is 35.2 Å². The number of nitriles is 1. The summed E-state index contributed by atoms with van der Waals surface area (Å²) < 4.78 is 41.5. The fraction of sp³-hybridized carbons (Fsp3) is 0.417. The molecule has 0 saturated carbocycles. The molecule has 0 spiro atoms. The minimum Gasteiger partial charge on any atom is -0.497 e. The van der Waals surface area contributed by atoms with Crippen molar-refractivity contribution in [3.05, 3.63) is 89.0 Å². The van der Waals surface area contributed by atoms with Crippen LogP contribution in [0.1, 0.15) is 54.9 Å². The predicted molar refractivity (Wildman–Crippen MR) is 180 cm³/mol. The van der Waals surface area contributed by atoms with Crippen LogP contribution in [0.5, 0.6) is 5.75 Å². The Labute approximate surface area is 282 Å². The van der Waals surface area contributed by atoms with Crippen LogP contribution in [0, 0.1) is 11.3 Å². The molecule has 1 unspecified atom stereocenters. The number of sulfonamides is 1. The van der Waals surface area contributed by atoms with Crippen molar-refractivity contribution < 1.29 is 27.5 Å². The normalized spacial score (nSPS) is 20.9. The molecule has 3 heterocycles. The van der Waals surface area contributed by atoms with Gasteiger partial charge in [-0.1, -0.05) is 50.2 Å². The summed E-state index contributed by atoms with van der Waals surface area (Å²) in [6.45, 7) is 8.14. The molecule has 252 valence electrons. The summed E-state index contributed by atoms with van der Waals surface area (Å²) in [5.41, 5.74) is -1.01. The van der Waals surface area contributed by atoms with E-state index in [1.165, 1.54) is 31.4 Å². The number of ether oxygens (including phenoxy) is 2. The second-order valence-corrected chi connectivity index (χ2v) is 14.7. The number of rotatable bonds is 7. The lowest BCUT2D eigenvalue weighted by molar-refractivity contribution is -0.132. The van der Waals surface area contributed by atoms with Crippen molar-refractivity contribution in [3.8, 4) is 11.8 Å². The van der Waals surface area contributed by atoms with E-state index in [1.807, 2.05) is 32.0 Å². The van der Waals surface area contributed by atoms with Crippen LogP contribution < -0.4 is 9.04 Å². The molecule has 1 atom stereocenters. The number of piperazine rings is 1. The van der Waals surface area contributed by atoms with Gasteiger partial charge in [0.25, 0.3) is 15.9 Å². The first-order chi connectivity index (χ1) is 23.0. The van der Waals surface area contributed by atoms with Gasteiger partial charge in [-0.25, -0.2) is 13.2 Å². The molecule has 12 heteroatoms. The van der Waals surface area contributed by atoms with E-state index in [0.29, 0.717) is 47.8 Å². The number of carbonyl (C=O) groups excluding carboxylic acids is 2. The van der Waals surface area contributed by atoms with Crippen molar-refractivity contribution >= 4 is 27.7 Å². The molecule has 3 aromatic carbocycles. The predicted octanol–water partition coefficient (Wildman–Crippen LogP) is 4.52. The van der Waals surface area contributed by atoms with Crippen LogP contribution in [-0.2, 0) is 25.2 Å². The van der Waals surface area contributed by atoms with Gasteiger partial charge in [0.1, 0.15) is 16.7 Å². The number of hydrogen-bond donors (Lipinski definition) is 0. The van der Waals surface area contributed by atoms with Gasteiger partial charge in [0.05, 0.1) is 18.4 Å². The van der Waals surface area contributed by atoms with E-state index in [2.05, 4.69) is 16.8 Å². The minimum absolute atomic E-state index is 0.0204. The van der Waals surface area contributed by atoms with Crippen LogP contribution in [0.25, 0.3) is 0 Å². The second kappa shape index (κ2) is 13.2. The van der Waals surface area contributed by atoms with E-state index in [9.17, 15) is 18.5 Å². The van der Waals surface area contributed by atoms with E-state index in [4.69, 9.17) is 9.47 Å². The van der Waals surface area contributed by atoms with E-state index >= 15 is 4.79 Å². The molecule has 2 amide bonds. The summed E-state index contributed by atoms with van der Waals surface area (Å²) in [4.78, 5) is 35.4. The fourth-order valence-electron chi connectivity index (χ4n) is 7.15. The molecule has 0 aromatic heterocycles. The Hall–Kier alpha value is -4.44. The smallest absolute Gasteiger partial charge is 0.411 e. The van der Waals surface area contributed by atoms with Crippen molar-refractivity contribution in [2.24, 2.45) is 0 Å².